The van der Waals surface area contributed by atoms with Gasteiger partial charge in [0.05, 0.1) is 0 Å². The highest BCUT2D eigenvalue weighted by molar-refractivity contribution is 5.76. The van der Waals surface area contributed by atoms with Crippen molar-refractivity contribution in [3.63, 3.8) is 0 Å². The van der Waals surface area contributed by atoms with E-state index in [1.54, 1.807) is 0 Å². The molecule has 0 aromatic rings. The second kappa shape index (κ2) is 5.82. The SMILES string of the molecule is CC1CC(OC(=O)C2NCCCC2C)CC(C)(C)C1. The molecule has 1 saturated heterocycles. The van der Waals surface area contributed by atoms with Crippen LogP contribution in [0.2, 0.25) is 0 Å². The molecule has 2 rings (SSSR count). The molecule has 0 bridgehead atoms. The van der Waals surface area contributed by atoms with E-state index in [1.807, 2.05) is 0 Å². The first-order valence-electron chi connectivity index (χ1n) is 7.81. The highest BCUT2D eigenvalue weighted by Crippen LogP contribution is 2.39. The molecular formula is C16H29NO2. The lowest BCUT2D eigenvalue weighted by Gasteiger charge is -2.39. The molecule has 1 saturated carbocycles. The van der Waals surface area contributed by atoms with Gasteiger partial charge >= 0.3 is 5.97 Å². The van der Waals surface area contributed by atoms with Gasteiger partial charge in [0, 0.05) is 0 Å². The summed E-state index contributed by atoms with van der Waals surface area (Å²) >= 11 is 0. The van der Waals surface area contributed by atoms with E-state index in [4.69, 9.17) is 4.74 Å². The van der Waals surface area contributed by atoms with Gasteiger partial charge in [-0.3, -0.25) is 4.79 Å². The van der Waals surface area contributed by atoms with Gasteiger partial charge in [-0.1, -0.05) is 27.7 Å². The Labute approximate surface area is 117 Å². The van der Waals surface area contributed by atoms with E-state index in [0.717, 1.165) is 25.8 Å². The van der Waals surface area contributed by atoms with E-state index in [0.29, 0.717) is 17.3 Å². The summed E-state index contributed by atoms with van der Waals surface area (Å²) in [7, 11) is 0. The quantitative estimate of drug-likeness (QED) is 0.781. The Morgan fingerprint density at radius 3 is 2.63 bits per heavy atom. The van der Waals surface area contributed by atoms with Crippen molar-refractivity contribution in [3.05, 3.63) is 0 Å². The van der Waals surface area contributed by atoms with Crippen molar-refractivity contribution in [2.45, 2.75) is 71.9 Å². The van der Waals surface area contributed by atoms with Crippen LogP contribution >= 0.6 is 0 Å². The number of hydrogen-bond acceptors (Lipinski definition) is 3. The molecule has 3 heteroatoms. The van der Waals surface area contributed by atoms with Crippen molar-refractivity contribution in [2.75, 3.05) is 6.54 Å². The Balaban J connectivity index is 1.91. The Kier molecular flexibility index (Phi) is 4.54. The first kappa shape index (κ1) is 14.8. The maximum atomic E-state index is 12.3. The summed E-state index contributed by atoms with van der Waals surface area (Å²) in [5.74, 6) is 1.02. The van der Waals surface area contributed by atoms with Gasteiger partial charge in [-0.05, 0) is 55.9 Å². The van der Waals surface area contributed by atoms with Gasteiger partial charge in [-0.15, -0.1) is 0 Å². The van der Waals surface area contributed by atoms with Crippen LogP contribution in [0.3, 0.4) is 0 Å². The van der Waals surface area contributed by atoms with Crippen molar-refractivity contribution < 1.29 is 9.53 Å². The first-order chi connectivity index (χ1) is 8.87. The summed E-state index contributed by atoms with van der Waals surface area (Å²) in [5.41, 5.74) is 0.300. The fraction of sp³-hybridized carbons (Fsp3) is 0.938. The van der Waals surface area contributed by atoms with Crippen molar-refractivity contribution >= 4 is 5.97 Å². The molecular weight excluding hydrogens is 238 g/mol. The smallest absolute Gasteiger partial charge is 0.323 e. The number of nitrogens with one attached hydrogen (secondary N) is 1. The molecule has 2 aliphatic rings. The van der Waals surface area contributed by atoms with Crippen molar-refractivity contribution in [2.24, 2.45) is 17.3 Å². The number of esters is 1. The fourth-order valence-electron chi connectivity index (χ4n) is 3.95. The lowest BCUT2D eigenvalue weighted by molar-refractivity contribution is -0.158. The Morgan fingerprint density at radius 1 is 1.26 bits per heavy atom. The molecule has 0 spiro atoms. The average molecular weight is 267 g/mol. The maximum absolute atomic E-state index is 12.3. The van der Waals surface area contributed by atoms with E-state index in [1.165, 1.54) is 12.8 Å². The van der Waals surface area contributed by atoms with Crippen LogP contribution in [0.15, 0.2) is 0 Å². The van der Waals surface area contributed by atoms with Crippen LogP contribution in [0.4, 0.5) is 0 Å². The van der Waals surface area contributed by atoms with E-state index in [2.05, 4.69) is 33.0 Å². The second-order valence-corrected chi connectivity index (χ2v) is 7.52. The second-order valence-electron chi connectivity index (χ2n) is 7.52. The van der Waals surface area contributed by atoms with E-state index < -0.39 is 0 Å². The monoisotopic (exact) mass is 267 g/mol. The minimum Gasteiger partial charge on any atom is -0.461 e. The van der Waals surface area contributed by atoms with Crippen molar-refractivity contribution in [1.29, 1.82) is 0 Å². The van der Waals surface area contributed by atoms with E-state index >= 15 is 0 Å². The summed E-state index contributed by atoms with van der Waals surface area (Å²) < 4.78 is 5.81. The zero-order chi connectivity index (χ0) is 14.0. The van der Waals surface area contributed by atoms with Gasteiger partial charge in [0.15, 0.2) is 0 Å². The average Bonchev–Trinajstić information content (AvgIpc) is 2.26. The number of ether oxygens (including phenoxy) is 1. The topological polar surface area (TPSA) is 38.3 Å². The number of piperidine rings is 1. The third kappa shape index (κ3) is 3.95. The Hall–Kier alpha value is -0.570. The van der Waals surface area contributed by atoms with Crippen molar-refractivity contribution in [3.8, 4) is 0 Å². The molecule has 2 fully saturated rings. The van der Waals surface area contributed by atoms with Crippen molar-refractivity contribution in [1.82, 2.24) is 5.32 Å². The number of carbonyl (C=O) groups is 1. The predicted octanol–water partition coefficient (Wildman–Crippen LogP) is 3.13. The molecule has 0 aromatic heterocycles. The lowest BCUT2D eigenvalue weighted by atomic mass is 9.71. The summed E-state index contributed by atoms with van der Waals surface area (Å²) in [4.78, 5) is 12.3. The van der Waals surface area contributed by atoms with Crippen LogP contribution in [-0.4, -0.2) is 24.7 Å². The van der Waals surface area contributed by atoms with Crippen LogP contribution in [0.5, 0.6) is 0 Å². The minimum absolute atomic E-state index is 0.0258. The molecule has 0 aromatic carbocycles. The highest BCUT2D eigenvalue weighted by Gasteiger charge is 2.36. The zero-order valence-electron chi connectivity index (χ0n) is 12.9. The molecule has 1 N–H and O–H groups in total. The summed E-state index contributed by atoms with van der Waals surface area (Å²) in [5, 5.41) is 3.32. The Morgan fingerprint density at radius 2 is 2.00 bits per heavy atom. The minimum atomic E-state index is -0.0888. The summed E-state index contributed by atoms with van der Waals surface area (Å²) in [6.45, 7) is 9.92. The van der Waals surface area contributed by atoms with Crippen LogP contribution in [0.1, 0.15) is 59.8 Å². The molecule has 1 heterocycles. The molecule has 1 aliphatic heterocycles. The molecule has 1 aliphatic carbocycles. The normalized spacial score (nSPS) is 38.7. The first-order valence-corrected chi connectivity index (χ1v) is 7.81. The molecule has 4 unspecified atom stereocenters. The summed E-state index contributed by atoms with van der Waals surface area (Å²) in [6, 6.07) is -0.0888. The van der Waals surface area contributed by atoms with E-state index in [9.17, 15) is 4.79 Å². The van der Waals surface area contributed by atoms with Gasteiger partial charge in [-0.2, -0.15) is 0 Å². The van der Waals surface area contributed by atoms with Gasteiger partial charge in [0.1, 0.15) is 12.1 Å². The van der Waals surface area contributed by atoms with Crippen LogP contribution in [-0.2, 0) is 9.53 Å². The fourth-order valence-corrected chi connectivity index (χ4v) is 3.95. The largest absolute Gasteiger partial charge is 0.461 e. The standard InChI is InChI=1S/C16H29NO2/c1-11-8-13(10-16(3,4)9-11)19-15(18)14-12(2)6-5-7-17-14/h11-14,17H,5-10H2,1-4H3. The molecule has 19 heavy (non-hydrogen) atoms. The van der Waals surface area contributed by atoms with Crippen LogP contribution in [0.25, 0.3) is 0 Å². The third-order valence-electron chi connectivity index (χ3n) is 4.65. The molecule has 4 atom stereocenters. The van der Waals surface area contributed by atoms with Gasteiger partial charge in [-0.25, -0.2) is 0 Å². The Bertz CT molecular complexity index is 327. The maximum Gasteiger partial charge on any atom is 0.323 e. The van der Waals surface area contributed by atoms with E-state index in [-0.39, 0.29) is 18.1 Å². The number of rotatable bonds is 2. The molecule has 0 radical (unpaired) electrons. The lowest BCUT2D eigenvalue weighted by Crippen LogP contribution is -2.48. The zero-order valence-corrected chi connectivity index (χ0v) is 12.9. The van der Waals surface area contributed by atoms with Gasteiger partial charge < -0.3 is 10.1 Å². The summed E-state index contributed by atoms with van der Waals surface area (Å²) in [6.07, 6.45) is 5.67. The number of hydrogen-bond donors (Lipinski definition) is 1. The van der Waals surface area contributed by atoms with Gasteiger partial charge in [0.25, 0.3) is 0 Å². The van der Waals surface area contributed by atoms with Crippen LogP contribution < -0.4 is 5.32 Å². The predicted molar refractivity (Wildman–Crippen MR) is 76.9 cm³/mol. The highest BCUT2D eigenvalue weighted by atomic mass is 16.5. The number of carbonyl (C=O) groups excluding carboxylic acids is 1. The molecule has 3 nitrogen and oxygen atoms in total. The molecule has 0 amide bonds. The van der Waals surface area contributed by atoms with Gasteiger partial charge in [0.2, 0.25) is 0 Å². The van der Waals surface area contributed by atoms with Crippen LogP contribution in [0, 0.1) is 17.3 Å². The molecule has 110 valence electrons. The third-order valence-corrected chi connectivity index (χ3v) is 4.65.